The van der Waals surface area contributed by atoms with Crippen molar-refractivity contribution in [1.82, 2.24) is 4.90 Å². The number of likely N-dealkylation sites (N-methyl/N-ethyl adjacent to an activating group) is 1. The Kier molecular flexibility index (Phi) is 1.55. The molecular weight excluding hydrogens is 158 g/mol. The average molecular weight is 173 g/mol. The maximum atomic E-state index is 9.93. The van der Waals surface area contributed by atoms with E-state index in [4.69, 9.17) is 0 Å². The van der Waals surface area contributed by atoms with Crippen LogP contribution in [0.3, 0.4) is 0 Å². The van der Waals surface area contributed by atoms with Crippen LogP contribution in [0.4, 0.5) is 0 Å². The molecule has 0 aromatic heterocycles. The van der Waals surface area contributed by atoms with E-state index in [2.05, 4.69) is 0 Å². The van der Waals surface area contributed by atoms with Crippen LogP contribution in [0.15, 0.2) is 0 Å². The van der Waals surface area contributed by atoms with Gasteiger partial charge < -0.3 is 15.3 Å². The number of hydrogen-bond donors (Lipinski definition) is 3. The van der Waals surface area contributed by atoms with E-state index in [0.717, 1.165) is 12.8 Å². The fraction of sp³-hybridized carbons (Fsp3) is 1.00. The van der Waals surface area contributed by atoms with Crippen LogP contribution in [0.25, 0.3) is 0 Å². The molecule has 2 heterocycles. The summed E-state index contributed by atoms with van der Waals surface area (Å²) in [5.41, 5.74) is -0.980. The normalized spacial score (nSPS) is 46.5. The van der Waals surface area contributed by atoms with Crippen LogP contribution in [0.2, 0.25) is 0 Å². The van der Waals surface area contributed by atoms with Gasteiger partial charge >= 0.3 is 0 Å². The third-order valence-corrected chi connectivity index (χ3v) is 3.26. The minimum atomic E-state index is -1.69. The van der Waals surface area contributed by atoms with Gasteiger partial charge in [-0.1, -0.05) is 0 Å². The minimum Gasteiger partial charge on any atom is -0.375 e. The standard InChI is InChI=1S/C8H15NO3/c1-9-6-3-2-4-7(9,10)5-8(6,11)12/h6,10-12H,2-5H2,1H3. The first-order chi connectivity index (χ1) is 5.46. The van der Waals surface area contributed by atoms with E-state index in [-0.39, 0.29) is 12.5 Å². The second-order valence-corrected chi connectivity index (χ2v) is 4.06. The number of hydrogen-bond acceptors (Lipinski definition) is 4. The second-order valence-electron chi connectivity index (χ2n) is 4.06. The van der Waals surface area contributed by atoms with Crippen LogP contribution in [-0.2, 0) is 0 Å². The number of piperidine rings is 1. The zero-order valence-electron chi connectivity index (χ0n) is 7.19. The Morgan fingerprint density at radius 1 is 1.33 bits per heavy atom. The summed E-state index contributed by atoms with van der Waals surface area (Å²) < 4.78 is 0. The predicted molar refractivity (Wildman–Crippen MR) is 42.1 cm³/mol. The largest absolute Gasteiger partial charge is 0.375 e. The van der Waals surface area contributed by atoms with E-state index in [1.54, 1.807) is 11.9 Å². The Labute approximate surface area is 71.4 Å². The molecule has 0 spiro atoms. The highest BCUT2D eigenvalue weighted by molar-refractivity contribution is 5.04. The molecule has 2 aliphatic heterocycles. The van der Waals surface area contributed by atoms with Crippen molar-refractivity contribution >= 4 is 0 Å². The van der Waals surface area contributed by atoms with Crippen molar-refractivity contribution in [3.63, 3.8) is 0 Å². The summed E-state index contributed by atoms with van der Waals surface area (Å²) in [6.45, 7) is 0. The zero-order valence-corrected chi connectivity index (χ0v) is 7.19. The molecule has 4 nitrogen and oxygen atoms in total. The van der Waals surface area contributed by atoms with E-state index >= 15 is 0 Å². The zero-order chi connectivity index (χ0) is 8.98. The van der Waals surface area contributed by atoms with Crippen LogP contribution < -0.4 is 0 Å². The molecule has 0 aliphatic carbocycles. The van der Waals surface area contributed by atoms with Crippen molar-refractivity contribution in [1.29, 1.82) is 0 Å². The lowest BCUT2D eigenvalue weighted by atomic mass is 10.0. The van der Waals surface area contributed by atoms with Crippen LogP contribution in [0.1, 0.15) is 25.7 Å². The van der Waals surface area contributed by atoms with Gasteiger partial charge in [-0.2, -0.15) is 0 Å². The Morgan fingerprint density at radius 3 is 2.50 bits per heavy atom. The third kappa shape index (κ3) is 0.925. The van der Waals surface area contributed by atoms with Crippen molar-refractivity contribution in [2.45, 2.75) is 43.2 Å². The van der Waals surface area contributed by atoms with Gasteiger partial charge in [0.1, 0.15) is 5.72 Å². The maximum absolute atomic E-state index is 9.93. The lowest BCUT2D eigenvalue weighted by molar-refractivity contribution is -0.176. The highest BCUT2D eigenvalue weighted by Gasteiger charge is 2.58. The minimum absolute atomic E-state index is 0.0567. The van der Waals surface area contributed by atoms with Crippen LogP contribution in [0.5, 0.6) is 0 Å². The summed E-state index contributed by atoms with van der Waals surface area (Å²) in [6, 6.07) is -0.295. The quantitative estimate of drug-likeness (QED) is 0.421. The molecule has 2 bridgehead atoms. The van der Waals surface area contributed by atoms with Gasteiger partial charge in [-0.15, -0.1) is 0 Å². The van der Waals surface area contributed by atoms with Crippen molar-refractivity contribution in [3.8, 4) is 0 Å². The number of aliphatic hydroxyl groups is 3. The van der Waals surface area contributed by atoms with Crippen molar-refractivity contribution in [3.05, 3.63) is 0 Å². The molecule has 3 N–H and O–H groups in total. The molecule has 70 valence electrons. The summed E-state index contributed by atoms with van der Waals surface area (Å²) >= 11 is 0. The SMILES string of the molecule is CN1C2CCCC1(O)CC2(O)O. The number of rotatable bonds is 0. The lowest BCUT2D eigenvalue weighted by Crippen LogP contribution is -2.49. The van der Waals surface area contributed by atoms with E-state index in [0.29, 0.717) is 6.42 Å². The fourth-order valence-corrected chi connectivity index (χ4v) is 2.53. The van der Waals surface area contributed by atoms with E-state index in [9.17, 15) is 15.3 Å². The molecule has 2 fully saturated rings. The number of fused-ring (bicyclic) bond motifs is 2. The predicted octanol–water partition coefficient (Wildman–Crippen LogP) is -0.756. The molecule has 0 saturated carbocycles. The number of nitrogens with zero attached hydrogens (tertiary/aromatic N) is 1. The first-order valence-corrected chi connectivity index (χ1v) is 4.36. The van der Waals surface area contributed by atoms with Crippen molar-refractivity contribution in [2.75, 3.05) is 7.05 Å². The molecule has 0 aromatic carbocycles. The van der Waals surface area contributed by atoms with Gasteiger partial charge in [0.25, 0.3) is 0 Å². The first-order valence-electron chi connectivity index (χ1n) is 4.36. The first kappa shape index (κ1) is 8.44. The Bertz CT molecular complexity index is 206. The Balaban J connectivity index is 2.32. The summed E-state index contributed by atoms with van der Waals surface area (Å²) in [7, 11) is 1.75. The van der Waals surface area contributed by atoms with Gasteiger partial charge in [0.15, 0.2) is 5.79 Å². The lowest BCUT2D eigenvalue weighted by Gasteiger charge is -2.37. The van der Waals surface area contributed by atoms with E-state index in [1.165, 1.54) is 0 Å². The van der Waals surface area contributed by atoms with Gasteiger partial charge in [-0.25, -0.2) is 0 Å². The molecule has 2 unspecified atom stereocenters. The topological polar surface area (TPSA) is 63.9 Å². The van der Waals surface area contributed by atoms with Crippen LogP contribution >= 0.6 is 0 Å². The summed E-state index contributed by atoms with van der Waals surface area (Å²) in [4.78, 5) is 1.69. The second kappa shape index (κ2) is 2.20. The molecule has 12 heavy (non-hydrogen) atoms. The van der Waals surface area contributed by atoms with Crippen molar-refractivity contribution < 1.29 is 15.3 Å². The molecule has 0 aromatic rings. The van der Waals surface area contributed by atoms with Crippen LogP contribution in [0, 0.1) is 0 Å². The van der Waals surface area contributed by atoms with Gasteiger partial charge in [0.2, 0.25) is 0 Å². The van der Waals surface area contributed by atoms with E-state index in [1.807, 2.05) is 0 Å². The van der Waals surface area contributed by atoms with Gasteiger partial charge in [0, 0.05) is 6.42 Å². The molecule has 0 radical (unpaired) electrons. The van der Waals surface area contributed by atoms with Gasteiger partial charge in [-0.05, 0) is 26.3 Å². The molecule has 2 aliphatic rings. The summed E-state index contributed by atoms with van der Waals surface area (Å²) in [5, 5.41) is 29.0. The average Bonchev–Trinajstić information content (AvgIpc) is 2.08. The molecule has 2 saturated heterocycles. The smallest absolute Gasteiger partial charge is 0.182 e. The van der Waals surface area contributed by atoms with Crippen molar-refractivity contribution in [2.24, 2.45) is 0 Å². The molecular formula is C8H15NO3. The van der Waals surface area contributed by atoms with Gasteiger partial charge in [-0.3, -0.25) is 4.90 Å². The Morgan fingerprint density at radius 2 is 2.00 bits per heavy atom. The monoisotopic (exact) mass is 173 g/mol. The highest BCUT2D eigenvalue weighted by Crippen LogP contribution is 2.45. The van der Waals surface area contributed by atoms with Crippen LogP contribution in [-0.4, -0.2) is 44.8 Å². The highest BCUT2D eigenvalue weighted by atomic mass is 16.5. The van der Waals surface area contributed by atoms with Gasteiger partial charge in [0.05, 0.1) is 6.04 Å². The fourth-order valence-electron chi connectivity index (χ4n) is 2.53. The molecule has 2 rings (SSSR count). The maximum Gasteiger partial charge on any atom is 0.182 e. The third-order valence-electron chi connectivity index (χ3n) is 3.26. The summed E-state index contributed by atoms with van der Waals surface area (Å²) in [6.07, 6.45) is 2.32. The van der Waals surface area contributed by atoms with E-state index < -0.39 is 11.5 Å². The Hall–Kier alpha value is -0.160. The molecule has 2 atom stereocenters. The summed E-state index contributed by atoms with van der Waals surface area (Å²) in [5.74, 6) is -1.69. The molecule has 0 amide bonds. The molecule has 4 heteroatoms.